The molecule has 268 valence electrons. The van der Waals surface area contributed by atoms with Crippen molar-refractivity contribution in [2.24, 2.45) is 17.6 Å². The fourth-order valence-corrected chi connectivity index (χ4v) is 10.3. The van der Waals surface area contributed by atoms with Crippen LogP contribution in [0.25, 0.3) is 16.5 Å². The maximum Gasteiger partial charge on any atom is 0.320 e. The number of piperidine rings is 1. The minimum Gasteiger partial charge on any atom is -0.474 e. The predicted octanol–water partition coefficient (Wildman–Crippen LogP) is 5.17. The molecule has 5 fully saturated rings. The lowest BCUT2D eigenvalue weighted by molar-refractivity contribution is -0.132. The van der Waals surface area contributed by atoms with Crippen LogP contribution in [0, 0.1) is 29.0 Å². The van der Waals surface area contributed by atoms with E-state index in [1.54, 1.807) is 0 Å². The molecule has 15 heteroatoms. The van der Waals surface area contributed by atoms with Crippen LogP contribution in [0.2, 0.25) is 5.02 Å². The Balaban J connectivity index is 1.04. The Morgan fingerprint density at radius 3 is 2.76 bits per heavy atom. The van der Waals surface area contributed by atoms with Gasteiger partial charge in [0.1, 0.15) is 36.3 Å². The highest BCUT2D eigenvalue weighted by Crippen LogP contribution is 2.53. The van der Waals surface area contributed by atoms with Crippen molar-refractivity contribution < 1.29 is 27.4 Å². The third-order valence-corrected chi connectivity index (χ3v) is 13.2. The molecule has 51 heavy (non-hydrogen) atoms. The first-order valence-corrected chi connectivity index (χ1v) is 19.0. The predicted molar refractivity (Wildman–Crippen MR) is 186 cm³/mol. The second-order valence-electron chi connectivity index (χ2n) is 14.8. The summed E-state index contributed by atoms with van der Waals surface area (Å²) >= 11 is 7.86. The number of nitrogens with zero attached hydrogens (tertiary/aromatic N) is 5. The number of nitrogens with one attached hydrogen (secondary N) is 1. The summed E-state index contributed by atoms with van der Waals surface area (Å²) < 4.78 is 59.1. The standard InChI is InChI=1S/C36H37ClF3N7O3S/c37-23-12-21-29(27(40)26(23)20-4-5-24(39)31-25(20)22(14-41)32(42)51-31)44-35(49-16-36-8-1-9-47(36)15-18(38)13-36)45-33(21)50-19-6-10-46(11-7-19)34(48)30-28(43-30)17-2-3-17/h4-5,12,17-19,25,28,30-31,43H,1-3,6-11,13,15-16,42H2/t18-,25?,28+,30-,31?,36+/m1/s1. The van der Waals surface area contributed by atoms with Crippen LogP contribution < -0.4 is 20.5 Å². The minimum atomic E-state index is -0.956. The molecule has 2 aromatic rings. The van der Waals surface area contributed by atoms with Crippen molar-refractivity contribution in [1.82, 2.24) is 25.1 Å². The van der Waals surface area contributed by atoms with E-state index in [0.29, 0.717) is 56.4 Å². The molecule has 0 bridgehead atoms. The van der Waals surface area contributed by atoms with Crippen LogP contribution in [0.3, 0.4) is 0 Å². The maximum atomic E-state index is 17.0. The van der Waals surface area contributed by atoms with Crippen LogP contribution in [0.15, 0.2) is 34.6 Å². The molecule has 7 aliphatic rings. The number of aromatic nitrogens is 2. The van der Waals surface area contributed by atoms with Gasteiger partial charge in [-0.1, -0.05) is 29.4 Å². The van der Waals surface area contributed by atoms with E-state index in [2.05, 4.69) is 26.3 Å². The fourth-order valence-electron chi connectivity index (χ4n) is 8.84. The third-order valence-electron chi connectivity index (χ3n) is 11.7. The quantitative estimate of drug-likeness (QED) is 0.349. The maximum absolute atomic E-state index is 17.0. The molecular weight excluding hydrogens is 703 g/mol. The van der Waals surface area contributed by atoms with Crippen molar-refractivity contribution in [3.8, 4) is 18.0 Å². The van der Waals surface area contributed by atoms with E-state index in [9.17, 15) is 18.8 Å². The molecular formula is C36H37ClF3N7O3S. The first-order valence-electron chi connectivity index (χ1n) is 17.7. The number of benzene rings is 1. The molecule has 1 saturated carbocycles. The van der Waals surface area contributed by atoms with Gasteiger partial charge in [-0.15, -0.1) is 0 Å². The van der Waals surface area contributed by atoms with Gasteiger partial charge in [-0.3, -0.25) is 15.0 Å². The lowest BCUT2D eigenvalue weighted by Crippen LogP contribution is -2.44. The third kappa shape index (κ3) is 5.75. The summed E-state index contributed by atoms with van der Waals surface area (Å²) in [5, 5.41) is 12.8. The number of carbonyl (C=O) groups excluding carboxylic acids is 1. The summed E-state index contributed by atoms with van der Waals surface area (Å²) in [7, 11) is 0. The van der Waals surface area contributed by atoms with Gasteiger partial charge in [0.25, 0.3) is 0 Å². The normalized spacial score (nSPS) is 32.1. The molecule has 6 heterocycles. The smallest absolute Gasteiger partial charge is 0.320 e. The molecule has 1 amide bonds. The van der Waals surface area contributed by atoms with E-state index < -0.39 is 34.5 Å². The van der Waals surface area contributed by atoms with E-state index in [4.69, 9.17) is 26.8 Å². The molecule has 1 aromatic carbocycles. The zero-order valence-electron chi connectivity index (χ0n) is 27.7. The molecule has 4 saturated heterocycles. The fraction of sp³-hybridized carbons (Fsp3) is 0.556. The number of likely N-dealkylation sites (tertiary alicyclic amines) is 1. The van der Waals surface area contributed by atoms with Gasteiger partial charge in [0.15, 0.2) is 5.82 Å². The highest BCUT2D eigenvalue weighted by atomic mass is 35.5. The van der Waals surface area contributed by atoms with Gasteiger partial charge in [-0.05, 0) is 55.9 Å². The Labute approximate surface area is 302 Å². The van der Waals surface area contributed by atoms with Crippen LogP contribution in [-0.4, -0.2) is 93.6 Å². The largest absolute Gasteiger partial charge is 0.474 e. The molecule has 9 rings (SSSR count). The number of amides is 1. The molecule has 2 unspecified atom stereocenters. The van der Waals surface area contributed by atoms with Crippen LogP contribution >= 0.6 is 23.4 Å². The van der Waals surface area contributed by atoms with Gasteiger partial charge in [0, 0.05) is 56.4 Å². The summed E-state index contributed by atoms with van der Waals surface area (Å²) in [6.45, 7) is 2.29. The number of allylic oxidation sites excluding steroid dienone is 4. The summed E-state index contributed by atoms with van der Waals surface area (Å²) in [5.74, 6) is -1.28. The van der Waals surface area contributed by atoms with E-state index in [-0.39, 0.29) is 68.6 Å². The van der Waals surface area contributed by atoms with Crippen LogP contribution in [0.1, 0.15) is 50.5 Å². The number of hydrogen-bond acceptors (Lipinski definition) is 10. The first kappa shape index (κ1) is 33.3. The number of nitriles is 1. The van der Waals surface area contributed by atoms with Crippen molar-refractivity contribution >= 4 is 45.7 Å². The van der Waals surface area contributed by atoms with Crippen molar-refractivity contribution in [2.45, 2.75) is 80.1 Å². The lowest BCUT2D eigenvalue weighted by Gasteiger charge is -2.32. The molecule has 2 aliphatic carbocycles. The number of nitrogens with two attached hydrogens (primary N) is 1. The van der Waals surface area contributed by atoms with Crippen molar-refractivity contribution in [2.75, 3.05) is 32.8 Å². The molecule has 0 radical (unpaired) electrons. The van der Waals surface area contributed by atoms with Gasteiger partial charge in [0.2, 0.25) is 11.8 Å². The van der Waals surface area contributed by atoms with Crippen molar-refractivity contribution in [1.29, 1.82) is 5.26 Å². The minimum absolute atomic E-state index is 0.0126. The topological polar surface area (TPSA) is 140 Å². The molecule has 1 aromatic heterocycles. The molecule has 6 atom stereocenters. The number of ether oxygens (including phenoxy) is 2. The Morgan fingerprint density at radius 1 is 1.20 bits per heavy atom. The van der Waals surface area contributed by atoms with E-state index in [0.717, 1.165) is 31.1 Å². The van der Waals surface area contributed by atoms with Crippen LogP contribution in [0.4, 0.5) is 13.2 Å². The van der Waals surface area contributed by atoms with Gasteiger partial charge in [-0.25, -0.2) is 13.2 Å². The first-order chi connectivity index (χ1) is 24.6. The number of carbonyl (C=O) groups is 1. The number of fused-ring (bicyclic) bond motifs is 3. The van der Waals surface area contributed by atoms with E-state index in [1.807, 2.05) is 4.90 Å². The number of alkyl halides is 1. The summed E-state index contributed by atoms with van der Waals surface area (Å²) in [5.41, 5.74) is 5.94. The van der Waals surface area contributed by atoms with E-state index in [1.165, 1.54) is 31.1 Å². The van der Waals surface area contributed by atoms with Gasteiger partial charge < -0.3 is 20.1 Å². The van der Waals surface area contributed by atoms with Crippen LogP contribution in [0.5, 0.6) is 11.9 Å². The molecule has 5 aliphatic heterocycles. The summed E-state index contributed by atoms with van der Waals surface area (Å²) in [6.07, 6.45) is 6.88. The molecule has 10 nitrogen and oxygen atoms in total. The van der Waals surface area contributed by atoms with Gasteiger partial charge in [-0.2, -0.15) is 15.2 Å². The van der Waals surface area contributed by atoms with Crippen LogP contribution in [-0.2, 0) is 4.79 Å². The van der Waals surface area contributed by atoms with Gasteiger partial charge >= 0.3 is 6.01 Å². The Kier molecular flexibility index (Phi) is 8.21. The Bertz CT molecular complexity index is 1960. The SMILES string of the molecule is N#CC1=C(N)SC2C(F)=CC=C(c3c(Cl)cc4c(OC5CCN(C(=O)[C@@H]6N[C@H]6C6CC6)CC5)nc(OC[C@@]56CCCN5C[C@H](F)C6)nc4c3F)C12. The molecule has 0 spiro atoms. The Hall–Kier alpha value is -3.51. The number of hydrogen-bond donors (Lipinski definition) is 2. The average Bonchev–Trinajstić information content (AvgIpc) is 4.01. The number of rotatable bonds is 8. The number of halogens is 4. The highest BCUT2D eigenvalue weighted by molar-refractivity contribution is 8.04. The zero-order valence-corrected chi connectivity index (χ0v) is 29.3. The van der Waals surface area contributed by atoms with E-state index >= 15 is 4.39 Å². The summed E-state index contributed by atoms with van der Waals surface area (Å²) in [6, 6.07) is 3.69. The van der Waals surface area contributed by atoms with Crippen molar-refractivity contribution in [3.05, 3.63) is 51.1 Å². The highest BCUT2D eigenvalue weighted by Gasteiger charge is 2.52. The Morgan fingerprint density at radius 2 is 2.00 bits per heavy atom. The monoisotopic (exact) mass is 739 g/mol. The lowest BCUT2D eigenvalue weighted by atomic mass is 9.81. The second kappa shape index (κ2) is 12.6. The number of thioether (sulfide) groups is 1. The second-order valence-corrected chi connectivity index (χ2v) is 16.4. The van der Waals surface area contributed by atoms with Gasteiger partial charge in [0.05, 0.1) is 37.9 Å². The zero-order chi connectivity index (χ0) is 35.2. The molecule has 3 N–H and O–H groups in total. The average molecular weight is 740 g/mol. The van der Waals surface area contributed by atoms with Crippen molar-refractivity contribution in [3.63, 3.8) is 0 Å². The summed E-state index contributed by atoms with van der Waals surface area (Å²) in [4.78, 5) is 26.2.